The van der Waals surface area contributed by atoms with E-state index in [1.54, 1.807) is 57.0 Å². The Labute approximate surface area is 323 Å². The number of likely N-dealkylation sites (tertiary alicyclic amines) is 1. The lowest BCUT2D eigenvalue weighted by Crippen LogP contribution is -2.50. The molecule has 14 heteroatoms. The molecular weight excluding hydrogens is 711 g/mol. The molecular formula is C41H59FN4O9. The third kappa shape index (κ3) is 10.6. The zero-order chi connectivity index (χ0) is 39.1. The smallest absolute Gasteiger partial charge is 0.407 e. The lowest BCUT2D eigenvalue weighted by Gasteiger charge is -2.38. The summed E-state index contributed by atoms with van der Waals surface area (Å²) in [6, 6.07) is 5.53. The molecule has 55 heavy (non-hydrogen) atoms. The highest BCUT2D eigenvalue weighted by atomic mass is 19.1. The first-order chi connectivity index (χ1) is 26.4. The minimum atomic E-state index is -0.713. The van der Waals surface area contributed by atoms with Crippen LogP contribution in [0.4, 0.5) is 14.9 Å². The van der Waals surface area contributed by atoms with E-state index in [-0.39, 0.29) is 54.0 Å². The zero-order valence-electron chi connectivity index (χ0n) is 32.8. The van der Waals surface area contributed by atoms with E-state index in [9.17, 15) is 23.6 Å². The van der Waals surface area contributed by atoms with Gasteiger partial charge in [0.1, 0.15) is 30.5 Å². The summed E-state index contributed by atoms with van der Waals surface area (Å²) in [5.74, 6) is -0.836. The van der Waals surface area contributed by atoms with Crippen LogP contribution >= 0.6 is 0 Å². The number of amides is 3. The number of furan rings is 1. The van der Waals surface area contributed by atoms with Crippen LogP contribution in [0.3, 0.4) is 0 Å². The van der Waals surface area contributed by atoms with Gasteiger partial charge in [-0.1, -0.05) is 0 Å². The molecule has 4 aliphatic rings. The first-order valence-corrected chi connectivity index (χ1v) is 20.1. The van der Waals surface area contributed by atoms with Crippen LogP contribution in [0.5, 0.6) is 0 Å². The number of nitrogens with zero attached hydrogens (tertiary/aromatic N) is 2. The Morgan fingerprint density at radius 1 is 0.945 bits per heavy atom. The second-order valence-electron chi connectivity index (χ2n) is 16.7. The number of halogens is 1. The Morgan fingerprint density at radius 3 is 2.35 bits per heavy atom. The third-order valence-corrected chi connectivity index (χ3v) is 11.9. The molecule has 0 spiro atoms. The monoisotopic (exact) mass is 770 g/mol. The number of anilines is 1. The zero-order valence-corrected chi connectivity index (χ0v) is 32.8. The summed E-state index contributed by atoms with van der Waals surface area (Å²) in [7, 11) is 1.74. The highest BCUT2D eigenvalue weighted by Gasteiger charge is 2.47. The van der Waals surface area contributed by atoms with Crippen molar-refractivity contribution in [2.45, 2.75) is 102 Å². The number of hydrogen-bond donors (Lipinski definition) is 2. The molecule has 304 valence electrons. The van der Waals surface area contributed by atoms with Crippen LogP contribution in [0, 0.1) is 23.7 Å². The number of alkyl halides is 1. The van der Waals surface area contributed by atoms with Gasteiger partial charge in [-0.05, 0) is 121 Å². The topological polar surface area (TPSA) is 149 Å². The van der Waals surface area contributed by atoms with Crippen molar-refractivity contribution in [3.63, 3.8) is 0 Å². The van der Waals surface area contributed by atoms with E-state index in [4.69, 9.17) is 23.4 Å². The number of carbonyl (C=O) groups excluding carboxylic acids is 4. The van der Waals surface area contributed by atoms with Crippen LogP contribution in [0.2, 0.25) is 0 Å². The van der Waals surface area contributed by atoms with Crippen molar-refractivity contribution in [1.82, 2.24) is 15.1 Å². The van der Waals surface area contributed by atoms with E-state index >= 15 is 0 Å². The highest BCUT2D eigenvalue weighted by molar-refractivity contribution is 6.00. The van der Waals surface area contributed by atoms with Crippen LogP contribution in [-0.4, -0.2) is 117 Å². The summed E-state index contributed by atoms with van der Waals surface area (Å²) < 4.78 is 41.7. The van der Waals surface area contributed by atoms with Crippen LogP contribution in [0.1, 0.15) is 89.1 Å². The van der Waals surface area contributed by atoms with Crippen LogP contribution < -0.4 is 10.6 Å². The minimum Gasteiger partial charge on any atom is -0.458 e. The molecule has 2 aliphatic carbocycles. The number of carbonyl (C=O) groups is 4. The molecule has 0 unspecified atom stereocenters. The highest BCUT2D eigenvalue weighted by Crippen LogP contribution is 2.42. The van der Waals surface area contributed by atoms with E-state index in [1.165, 1.54) is 0 Å². The summed E-state index contributed by atoms with van der Waals surface area (Å²) >= 11 is 0. The lowest BCUT2D eigenvalue weighted by molar-refractivity contribution is -0.142. The van der Waals surface area contributed by atoms with Gasteiger partial charge in [0.2, 0.25) is 17.6 Å². The lowest BCUT2D eigenvalue weighted by atomic mass is 9.75. The third-order valence-electron chi connectivity index (χ3n) is 11.9. The molecule has 2 aromatic rings. The maximum Gasteiger partial charge on any atom is 0.407 e. The van der Waals surface area contributed by atoms with Gasteiger partial charge in [-0.25, -0.2) is 14.0 Å². The fourth-order valence-corrected chi connectivity index (χ4v) is 8.99. The number of fused-ring (bicyclic) bond motifs is 1. The standard InChI is InChI=1S/C41H59FN4O9/c1-41(2,3)55-40(50)44-33(25-42)27-5-7-28(8-6-27)38(48)46-16-15-32(26-9-12-31(51-4)13-10-26)36(46)37(47)43-30-11-14-34-29(23-30)24-35(54-34)39(49)53-22-19-45-17-20-52-21-18-45/h11,14,23-24,26-28,31-33,36H,5-10,12-13,15-22,25H2,1-4H3,(H,43,47)(H,44,50)/t26?,27?,28?,31?,32-,33+,36-/m0/s1. The molecule has 1 aromatic carbocycles. The number of methoxy groups -OCH3 is 1. The van der Waals surface area contributed by atoms with Crippen LogP contribution in [0.15, 0.2) is 28.7 Å². The van der Waals surface area contributed by atoms with Gasteiger partial charge >= 0.3 is 12.1 Å². The molecule has 2 saturated heterocycles. The van der Waals surface area contributed by atoms with Crippen molar-refractivity contribution in [3.8, 4) is 0 Å². The largest absolute Gasteiger partial charge is 0.458 e. The molecule has 6 rings (SSSR count). The van der Waals surface area contributed by atoms with Crippen LogP contribution in [0.25, 0.3) is 11.0 Å². The maximum absolute atomic E-state index is 14.3. The average molecular weight is 771 g/mol. The van der Waals surface area contributed by atoms with Gasteiger partial charge in [-0.2, -0.15) is 0 Å². The molecule has 2 aliphatic heterocycles. The fraction of sp³-hybridized carbons (Fsp3) is 0.707. The van der Waals surface area contributed by atoms with Crippen molar-refractivity contribution < 1.29 is 46.9 Å². The predicted molar refractivity (Wildman–Crippen MR) is 203 cm³/mol. The summed E-state index contributed by atoms with van der Waals surface area (Å²) in [4.78, 5) is 57.8. The van der Waals surface area contributed by atoms with Crippen molar-refractivity contribution in [3.05, 3.63) is 30.0 Å². The van der Waals surface area contributed by atoms with Gasteiger partial charge in [0.05, 0.1) is 25.4 Å². The van der Waals surface area contributed by atoms with Crippen molar-refractivity contribution in [2.75, 3.05) is 65.1 Å². The molecule has 3 amide bonds. The van der Waals surface area contributed by atoms with E-state index in [0.717, 1.165) is 45.2 Å². The van der Waals surface area contributed by atoms with Crippen molar-refractivity contribution >= 4 is 40.5 Å². The molecule has 2 N–H and O–H groups in total. The second kappa shape index (κ2) is 18.5. The van der Waals surface area contributed by atoms with Gasteiger partial charge in [0, 0.05) is 50.3 Å². The summed E-state index contributed by atoms with van der Waals surface area (Å²) in [5.41, 5.74) is 0.348. The van der Waals surface area contributed by atoms with Gasteiger partial charge in [-0.3, -0.25) is 14.5 Å². The Kier molecular flexibility index (Phi) is 13.7. The Balaban J connectivity index is 1.10. The number of hydrogen-bond acceptors (Lipinski definition) is 10. The van der Waals surface area contributed by atoms with E-state index in [2.05, 4.69) is 15.5 Å². The molecule has 4 fully saturated rings. The fourth-order valence-electron chi connectivity index (χ4n) is 8.99. The molecule has 3 heterocycles. The predicted octanol–water partition coefficient (Wildman–Crippen LogP) is 5.95. The first-order valence-electron chi connectivity index (χ1n) is 20.1. The Morgan fingerprint density at radius 2 is 1.67 bits per heavy atom. The molecule has 3 atom stereocenters. The van der Waals surface area contributed by atoms with Crippen LogP contribution in [-0.2, 0) is 28.5 Å². The number of morpholine rings is 1. The number of nitrogens with one attached hydrogen (secondary N) is 2. The summed E-state index contributed by atoms with van der Waals surface area (Å²) in [6.45, 7) is 8.88. The minimum absolute atomic E-state index is 0.00327. The Hall–Kier alpha value is -3.75. The average Bonchev–Trinajstić information content (AvgIpc) is 3.82. The number of rotatable bonds is 12. The van der Waals surface area contributed by atoms with E-state index in [1.807, 2.05) is 0 Å². The Bertz CT molecular complexity index is 1620. The van der Waals surface area contributed by atoms with Gasteiger partial charge < -0.3 is 38.9 Å². The molecule has 0 radical (unpaired) electrons. The van der Waals surface area contributed by atoms with E-state index in [0.29, 0.717) is 68.6 Å². The summed E-state index contributed by atoms with van der Waals surface area (Å²) in [6.07, 6.45) is 6.30. The molecule has 1 aromatic heterocycles. The molecule has 0 bridgehead atoms. The normalized spacial score (nSPS) is 27.0. The number of ether oxygens (including phenoxy) is 4. The van der Waals surface area contributed by atoms with Crippen molar-refractivity contribution in [2.24, 2.45) is 23.7 Å². The first kappa shape index (κ1) is 40.9. The van der Waals surface area contributed by atoms with E-state index < -0.39 is 36.4 Å². The van der Waals surface area contributed by atoms with Gasteiger partial charge in [-0.15, -0.1) is 0 Å². The van der Waals surface area contributed by atoms with Gasteiger partial charge in [0.25, 0.3) is 0 Å². The second-order valence-corrected chi connectivity index (χ2v) is 16.7. The summed E-state index contributed by atoms with van der Waals surface area (Å²) in [5, 5.41) is 6.45. The number of esters is 1. The maximum atomic E-state index is 14.3. The SMILES string of the molecule is COC1CCC([C@@H]2CCN(C(=O)C3CCC([C@@H](CF)NC(=O)OC(C)(C)C)CC3)[C@@H]2C(=O)Nc2ccc3oc(C(=O)OCCN4CCOCC4)cc3c2)CC1. The number of benzene rings is 1. The molecule has 2 saturated carbocycles. The quantitative estimate of drug-likeness (QED) is 0.248. The number of alkyl carbamates (subject to hydrolysis) is 1. The molecule has 13 nitrogen and oxygen atoms in total. The van der Waals surface area contributed by atoms with Crippen molar-refractivity contribution in [1.29, 1.82) is 0 Å². The van der Waals surface area contributed by atoms with Gasteiger partial charge in [0.15, 0.2) is 0 Å².